The first kappa shape index (κ1) is 10.7. The Labute approximate surface area is 112 Å². The molecule has 1 aromatic heterocycles. The van der Waals surface area contributed by atoms with Gasteiger partial charge in [-0.15, -0.1) is 0 Å². The summed E-state index contributed by atoms with van der Waals surface area (Å²) < 4.78 is 0. The third-order valence-corrected chi connectivity index (χ3v) is 4.92. The van der Waals surface area contributed by atoms with Gasteiger partial charge in [-0.25, -0.2) is 0 Å². The number of benzene rings is 1. The van der Waals surface area contributed by atoms with Crippen molar-refractivity contribution in [3.05, 3.63) is 35.5 Å². The van der Waals surface area contributed by atoms with Gasteiger partial charge in [-0.3, -0.25) is 0 Å². The normalized spacial score (nSPS) is 30.1. The molecule has 2 unspecified atom stereocenters. The molecule has 0 radical (unpaired) electrons. The molecule has 18 heavy (non-hydrogen) atoms. The number of H-pyrrole nitrogens is 1. The van der Waals surface area contributed by atoms with Crippen LogP contribution < -0.4 is 5.32 Å². The monoisotopic (exact) mass is 256 g/mol. The second-order valence-electron chi connectivity index (χ2n) is 5.54. The van der Waals surface area contributed by atoms with Crippen molar-refractivity contribution in [2.45, 2.75) is 24.8 Å². The van der Waals surface area contributed by atoms with Gasteiger partial charge in [-0.05, 0) is 35.4 Å². The van der Waals surface area contributed by atoms with Gasteiger partial charge >= 0.3 is 0 Å². The first-order valence-electron chi connectivity index (χ1n) is 6.64. The zero-order valence-corrected chi connectivity index (χ0v) is 11.0. The largest absolute Gasteiger partial charge is 0.361 e. The van der Waals surface area contributed by atoms with Crippen LogP contribution in [0.1, 0.15) is 23.5 Å². The van der Waals surface area contributed by atoms with Crippen LogP contribution in [0.3, 0.4) is 0 Å². The molecule has 3 atom stereocenters. The van der Waals surface area contributed by atoms with Crippen molar-refractivity contribution in [1.29, 1.82) is 0 Å². The van der Waals surface area contributed by atoms with Crippen molar-refractivity contribution in [1.82, 2.24) is 10.3 Å². The van der Waals surface area contributed by atoms with E-state index in [-0.39, 0.29) is 0 Å². The van der Waals surface area contributed by atoms with Gasteiger partial charge in [0.1, 0.15) is 0 Å². The third-order valence-electron chi connectivity index (χ3n) is 4.54. The zero-order valence-electron chi connectivity index (χ0n) is 10.1. The molecule has 2 N–H and O–H groups in total. The number of aromatic nitrogens is 1. The number of fused-ring (bicyclic) bond motifs is 2. The highest BCUT2D eigenvalue weighted by Crippen LogP contribution is 2.41. The van der Waals surface area contributed by atoms with Crippen LogP contribution in [0.2, 0.25) is 0 Å². The fourth-order valence-corrected chi connectivity index (χ4v) is 3.88. The Morgan fingerprint density at radius 2 is 2.28 bits per heavy atom. The number of nitrogens with one attached hydrogen (secondary N) is 2. The van der Waals surface area contributed by atoms with Crippen LogP contribution in [-0.2, 0) is 6.42 Å². The van der Waals surface area contributed by atoms with E-state index in [0.29, 0.717) is 17.9 Å². The second-order valence-corrected chi connectivity index (χ2v) is 5.81. The summed E-state index contributed by atoms with van der Waals surface area (Å²) in [5.74, 6) is 1.16. The Morgan fingerprint density at radius 1 is 1.33 bits per heavy atom. The lowest BCUT2D eigenvalue weighted by Crippen LogP contribution is -2.47. The lowest BCUT2D eigenvalue weighted by Gasteiger charge is -2.39. The van der Waals surface area contributed by atoms with Crippen molar-refractivity contribution in [3.8, 4) is 0 Å². The summed E-state index contributed by atoms with van der Waals surface area (Å²) in [4.78, 5) is 3.40. The van der Waals surface area contributed by atoms with Gasteiger partial charge in [0.2, 0.25) is 0 Å². The molecule has 1 aliphatic carbocycles. The Morgan fingerprint density at radius 3 is 3.17 bits per heavy atom. The first-order valence-corrected chi connectivity index (χ1v) is 7.11. The van der Waals surface area contributed by atoms with E-state index in [1.54, 1.807) is 0 Å². The van der Waals surface area contributed by atoms with Crippen molar-refractivity contribution in [3.63, 3.8) is 0 Å². The molecule has 2 nitrogen and oxygen atoms in total. The number of thiocarbonyl (C=S) groups is 1. The number of rotatable bonds is 1. The van der Waals surface area contributed by atoms with Gasteiger partial charge in [-0.2, -0.15) is 0 Å². The van der Waals surface area contributed by atoms with E-state index < -0.39 is 0 Å². The summed E-state index contributed by atoms with van der Waals surface area (Å²) in [7, 11) is 0. The average molecular weight is 256 g/mol. The van der Waals surface area contributed by atoms with Crippen LogP contribution in [-0.4, -0.2) is 22.9 Å². The predicted molar refractivity (Wildman–Crippen MR) is 78.3 cm³/mol. The second kappa shape index (κ2) is 3.90. The maximum absolute atomic E-state index is 5.14. The first-order chi connectivity index (χ1) is 8.86. The molecule has 0 spiro atoms. The molecule has 2 aliphatic rings. The fourth-order valence-electron chi connectivity index (χ4n) is 3.67. The van der Waals surface area contributed by atoms with Gasteiger partial charge in [0.15, 0.2) is 0 Å². The van der Waals surface area contributed by atoms with E-state index in [9.17, 15) is 0 Å². The Kier molecular flexibility index (Phi) is 2.32. The Balaban J connectivity index is 1.87. The van der Waals surface area contributed by atoms with Crippen LogP contribution >= 0.6 is 12.2 Å². The van der Waals surface area contributed by atoms with E-state index in [2.05, 4.69) is 34.7 Å². The molecule has 1 aliphatic heterocycles. The van der Waals surface area contributed by atoms with Gasteiger partial charge < -0.3 is 10.3 Å². The molecule has 4 rings (SSSR count). The minimum atomic E-state index is 0.539. The summed E-state index contributed by atoms with van der Waals surface area (Å²) in [6.45, 7) is 1.04. The molecule has 1 aromatic carbocycles. The molecular formula is C15H16N2S. The molecule has 1 saturated heterocycles. The van der Waals surface area contributed by atoms with Gasteiger partial charge in [0.05, 0.1) is 0 Å². The fraction of sp³-hybridized carbons (Fsp3) is 0.400. The van der Waals surface area contributed by atoms with Crippen LogP contribution in [0.15, 0.2) is 24.4 Å². The SMILES string of the molecule is S=CC1CN[C@@H]2Cc3c[nH]c4cccc(c34)C2C1. The smallest absolute Gasteiger partial charge is 0.0459 e. The minimum absolute atomic E-state index is 0.539. The molecule has 2 aromatic rings. The quantitative estimate of drug-likeness (QED) is 0.768. The van der Waals surface area contributed by atoms with E-state index in [4.69, 9.17) is 12.2 Å². The standard InChI is InChI=1S/C15H16N2S/c18-8-9-4-12-11-2-1-3-13-15(11)10(7-17-13)5-14(12)16-6-9/h1-3,7-9,12,14,16-17H,4-6H2/t9?,12?,14-/m1/s1. The lowest BCUT2D eigenvalue weighted by atomic mass is 9.74. The maximum Gasteiger partial charge on any atom is 0.0459 e. The molecule has 2 heterocycles. The minimum Gasteiger partial charge on any atom is -0.361 e. The number of aromatic amines is 1. The third kappa shape index (κ3) is 1.41. The molecular weight excluding hydrogens is 240 g/mol. The van der Waals surface area contributed by atoms with Gasteiger partial charge in [-0.1, -0.05) is 24.4 Å². The van der Waals surface area contributed by atoms with E-state index in [1.807, 2.05) is 5.37 Å². The molecule has 3 heteroatoms. The summed E-state index contributed by atoms with van der Waals surface area (Å²) in [6.07, 6.45) is 4.52. The number of piperidine rings is 1. The Bertz CT molecular complexity index is 616. The van der Waals surface area contributed by atoms with Crippen LogP contribution in [0.5, 0.6) is 0 Å². The van der Waals surface area contributed by atoms with E-state index in [0.717, 1.165) is 13.0 Å². The predicted octanol–water partition coefficient (Wildman–Crippen LogP) is 2.79. The molecule has 92 valence electrons. The average Bonchev–Trinajstić information content (AvgIpc) is 2.83. The number of hydrogen-bond donors (Lipinski definition) is 2. The highest BCUT2D eigenvalue weighted by atomic mass is 32.1. The summed E-state index contributed by atoms with van der Waals surface area (Å²) in [5.41, 5.74) is 4.26. The van der Waals surface area contributed by atoms with Crippen molar-refractivity contribution < 1.29 is 0 Å². The van der Waals surface area contributed by atoms with E-state index >= 15 is 0 Å². The molecule has 0 amide bonds. The van der Waals surface area contributed by atoms with Crippen molar-refractivity contribution in [2.24, 2.45) is 5.92 Å². The summed E-state index contributed by atoms with van der Waals surface area (Å²) in [5, 5.41) is 7.09. The highest BCUT2D eigenvalue weighted by Gasteiger charge is 2.35. The van der Waals surface area contributed by atoms with Gasteiger partial charge in [0, 0.05) is 41.5 Å². The van der Waals surface area contributed by atoms with Crippen LogP contribution in [0.25, 0.3) is 10.9 Å². The maximum atomic E-state index is 5.14. The van der Waals surface area contributed by atoms with Crippen molar-refractivity contribution in [2.75, 3.05) is 6.54 Å². The molecule has 0 saturated carbocycles. The topological polar surface area (TPSA) is 27.8 Å². The van der Waals surface area contributed by atoms with E-state index in [1.165, 1.54) is 28.5 Å². The lowest BCUT2D eigenvalue weighted by molar-refractivity contribution is 0.316. The van der Waals surface area contributed by atoms with Crippen LogP contribution in [0.4, 0.5) is 0 Å². The number of hydrogen-bond acceptors (Lipinski definition) is 2. The van der Waals surface area contributed by atoms with Crippen LogP contribution in [0, 0.1) is 5.92 Å². The summed E-state index contributed by atoms with van der Waals surface area (Å²) in [6, 6.07) is 7.23. The van der Waals surface area contributed by atoms with Gasteiger partial charge in [0.25, 0.3) is 0 Å². The molecule has 1 fully saturated rings. The highest BCUT2D eigenvalue weighted by molar-refractivity contribution is 7.79. The summed E-state index contributed by atoms with van der Waals surface area (Å²) >= 11 is 5.14. The zero-order chi connectivity index (χ0) is 12.1. The Hall–Kier alpha value is -1.19. The van der Waals surface area contributed by atoms with Crippen molar-refractivity contribution >= 4 is 28.5 Å². The molecule has 0 bridgehead atoms.